The van der Waals surface area contributed by atoms with Crippen LogP contribution in [0.2, 0.25) is 0 Å². The predicted molar refractivity (Wildman–Crippen MR) is 53.2 cm³/mol. The molecule has 0 unspecified atom stereocenters. The molecule has 17 heavy (non-hydrogen) atoms. The van der Waals surface area contributed by atoms with Crippen molar-refractivity contribution in [1.82, 2.24) is 4.90 Å². The van der Waals surface area contributed by atoms with Crippen molar-refractivity contribution in [3.8, 4) is 0 Å². The number of rotatable bonds is 2. The Kier molecular flexibility index (Phi) is 5.94. The zero-order valence-electron chi connectivity index (χ0n) is 9.33. The van der Waals surface area contributed by atoms with Crippen LogP contribution in [-0.2, 0) is 9.59 Å². The maximum absolute atomic E-state index is 10.8. The summed E-state index contributed by atoms with van der Waals surface area (Å²) in [6.07, 6.45) is -3.02. The molecule has 0 saturated carbocycles. The van der Waals surface area contributed by atoms with Gasteiger partial charge in [-0.1, -0.05) is 6.92 Å². The number of carbonyl (C=O) groups is 2. The summed E-state index contributed by atoms with van der Waals surface area (Å²) < 4.78 is 31.7. The highest BCUT2D eigenvalue weighted by atomic mass is 19.4. The van der Waals surface area contributed by atoms with Crippen molar-refractivity contribution in [2.45, 2.75) is 32.0 Å². The van der Waals surface area contributed by atoms with E-state index in [9.17, 15) is 18.0 Å². The summed E-state index contributed by atoms with van der Waals surface area (Å²) in [6.45, 7) is 4.03. The Morgan fingerprint density at radius 2 is 1.94 bits per heavy atom. The summed E-state index contributed by atoms with van der Waals surface area (Å²) in [7, 11) is 0. The first-order valence-electron chi connectivity index (χ1n) is 5.03. The molecule has 1 atom stereocenters. The van der Waals surface area contributed by atoms with E-state index in [0.717, 1.165) is 25.9 Å². The minimum atomic E-state index is -5.08. The van der Waals surface area contributed by atoms with Gasteiger partial charge >= 0.3 is 12.1 Å². The van der Waals surface area contributed by atoms with Gasteiger partial charge in [0.15, 0.2) is 0 Å². The molecule has 1 aliphatic rings. The van der Waals surface area contributed by atoms with E-state index in [1.807, 2.05) is 0 Å². The van der Waals surface area contributed by atoms with Crippen molar-refractivity contribution in [3.05, 3.63) is 0 Å². The Bertz CT molecular complexity index is 281. The normalized spacial score (nSPS) is 20.6. The Morgan fingerprint density at radius 3 is 2.18 bits per heavy atom. The van der Waals surface area contributed by atoms with Gasteiger partial charge in [0, 0.05) is 0 Å². The Morgan fingerprint density at radius 1 is 1.47 bits per heavy atom. The smallest absolute Gasteiger partial charge is 0.475 e. The number of carboxylic acid groups (broad SMARTS) is 1. The van der Waals surface area contributed by atoms with Gasteiger partial charge < -0.3 is 10.8 Å². The molecule has 0 aromatic rings. The van der Waals surface area contributed by atoms with Crippen molar-refractivity contribution in [2.24, 2.45) is 5.73 Å². The number of likely N-dealkylation sites (N-methyl/N-ethyl adjacent to an activating group) is 1. The Labute approximate surface area is 96.4 Å². The quantitative estimate of drug-likeness (QED) is 0.757. The van der Waals surface area contributed by atoms with E-state index in [2.05, 4.69) is 11.8 Å². The van der Waals surface area contributed by atoms with E-state index in [1.165, 1.54) is 0 Å². The third kappa shape index (κ3) is 5.53. The van der Waals surface area contributed by atoms with Crippen molar-refractivity contribution in [3.63, 3.8) is 0 Å². The molecule has 0 aliphatic carbocycles. The average Bonchev–Trinajstić information content (AvgIpc) is 2.64. The van der Waals surface area contributed by atoms with Gasteiger partial charge in [-0.25, -0.2) is 4.79 Å². The molecule has 8 heteroatoms. The van der Waals surface area contributed by atoms with Crippen LogP contribution < -0.4 is 5.73 Å². The molecule has 0 aromatic heterocycles. The third-order valence-corrected chi connectivity index (χ3v) is 2.34. The lowest BCUT2D eigenvalue weighted by Gasteiger charge is -2.18. The largest absolute Gasteiger partial charge is 0.490 e. The lowest BCUT2D eigenvalue weighted by Crippen LogP contribution is -2.39. The number of hydrogen-bond donors (Lipinski definition) is 2. The fraction of sp³-hybridized carbons (Fsp3) is 0.778. The zero-order valence-corrected chi connectivity index (χ0v) is 9.33. The van der Waals surface area contributed by atoms with Crippen LogP contribution in [0.15, 0.2) is 0 Å². The van der Waals surface area contributed by atoms with E-state index in [1.54, 1.807) is 0 Å². The van der Waals surface area contributed by atoms with Crippen LogP contribution in [0.5, 0.6) is 0 Å². The lowest BCUT2D eigenvalue weighted by atomic mass is 10.2. The maximum Gasteiger partial charge on any atom is 0.490 e. The number of aliphatic carboxylic acids is 1. The number of likely N-dealkylation sites (tertiary alicyclic amines) is 1. The molecule has 0 spiro atoms. The number of nitrogens with two attached hydrogens (primary N) is 1. The summed E-state index contributed by atoms with van der Waals surface area (Å²) >= 11 is 0. The second-order valence-electron chi connectivity index (χ2n) is 3.49. The second-order valence-corrected chi connectivity index (χ2v) is 3.49. The van der Waals surface area contributed by atoms with Crippen LogP contribution in [0, 0.1) is 0 Å². The van der Waals surface area contributed by atoms with Crippen LogP contribution in [-0.4, -0.2) is 47.2 Å². The van der Waals surface area contributed by atoms with Crippen molar-refractivity contribution >= 4 is 11.9 Å². The SMILES string of the molecule is CCN1CCC[C@@H]1C(N)=O.O=C(O)C(F)(F)F. The fourth-order valence-corrected chi connectivity index (χ4v) is 1.53. The van der Waals surface area contributed by atoms with Crippen LogP contribution in [0.4, 0.5) is 13.2 Å². The van der Waals surface area contributed by atoms with E-state index in [4.69, 9.17) is 15.6 Å². The lowest BCUT2D eigenvalue weighted by molar-refractivity contribution is -0.192. The molecule has 1 fully saturated rings. The summed E-state index contributed by atoms with van der Waals surface area (Å²) in [5.74, 6) is -2.92. The van der Waals surface area contributed by atoms with Crippen molar-refractivity contribution in [1.29, 1.82) is 0 Å². The molecule has 3 N–H and O–H groups in total. The fourth-order valence-electron chi connectivity index (χ4n) is 1.53. The van der Waals surface area contributed by atoms with Crippen LogP contribution in [0.1, 0.15) is 19.8 Å². The minimum Gasteiger partial charge on any atom is -0.475 e. The van der Waals surface area contributed by atoms with Gasteiger partial charge in [0.1, 0.15) is 0 Å². The molecule has 1 amide bonds. The molecule has 0 bridgehead atoms. The topological polar surface area (TPSA) is 83.6 Å². The average molecular weight is 256 g/mol. The van der Waals surface area contributed by atoms with Gasteiger partial charge in [0.25, 0.3) is 0 Å². The number of carboxylic acids is 1. The highest BCUT2D eigenvalue weighted by Crippen LogP contribution is 2.15. The number of alkyl halides is 3. The molecular weight excluding hydrogens is 241 g/mol. The maximum atomic E-state index is 10.8. The van der Waals surface area contributed by atoms with Gasteiger partial charge in [0.2, 0.25) is 5.91 Å². The molecule has 5 nitrogen and oxygen atoms in total. The molecule has 100 valence electrons. The highest BCUT2D eigenvalue weighted by molar-refractivity contribution is 5.80. The molecule has 1 rings (SSSR count). The molecule has 1 heterocycles. The van der Waals surface area contributed by atoms with Gasteiger partial charge in [-0.3, -0.25) is 9.69 Å². The van der Waals surface area contributed by atoms with Crippen molar-refractivity contribution < 1.29 is 27.9 Å². The number of carbonyl (C=O) groups excluding carboxylic acids is 1. The first kappa shape index (κ1) is 15.7. The molecule has 0 aromatic carbocycles. The Balaban J connectivity index is 0.000000325. The Hall–Kier alpha value is -1.31. The summed E-state index contributed by atoms with van der Waals surface area (Å²) in [5.41, 5.74) is 5.18. The second kappa shape index (κ2) is 6.43. The van der Waals surface area contributed by atoms with Crippen LogP contribution in [0.25, 0.3) is 0 Å². The van der Waals surface area contributed by atoms with Crippen LogP contribution in [0.3, 0.4) is 0 Å². The van der Waals surface area contributed by atoms with Crippen molar-refractivity contribution in [2.75, 3.05) is 13.1 Å². The van der Waals surface area contributed by atoms with E-state index in [0.29, 0.717) is 0 Å². The minimum absolute atomic E-state index is 0.0185. The first-order valence-corrected chi connectivity index (χ1v) is 5.03. The number of nitrogens with zero attached hydrogens (tertiary/aromatic N) is 1. The van der Waals surface area contributed by atoms with E-state index >= 15 is 0 Å². The van der Waals surface area contributed by atoms with Gasteiger partial charge in [0.05, 0.1) is 6.04 Å². The number of hydrogen-bond acceptors (Lipinski definition) is 3. The summed E-state index contributed by atoms with van der Waals surface area (Å²) in [6, 6.07) is 0.0185. The standard InChI is InChI=1S/C7H14N2O.C2HF3O2/c1-2-9-5-3-4-6(9)7(8)10;3-2(4,5)1(6)7/h6H,2-5H2,1H3,(H2,8,10);(H,6,7)/t6-;/m1./s1. The van der Waals surface area contributed by atoms with Gasteiger partial charge in [-0.05, 0) is 25.9 Å². The van der Waals surface area contributed by atoms with Gasteiger partial charge in [-0.15, -0.1) is 0 Å². The molecule has 1 aliphatic heterocycles. The molecule has 0 radical (unpaired) electrons. The van der Waals surface area contributed by atoms with Crippen LogP contribution >= 0.6 is 0 Å². The first-order chi connectivity index (χ1) is 7.70. The number of primary amides is 1. The van der Waals surface area contributed by atoms with E-state index < -0.39 is 12.1 Å². The van der Waals surface area contributed by atoms with E-state index in [-0.39, 0.29) is 11.9 Å². The number of halogens is 3. The monoisotopic (exact) mass is 256 g/mol. The molecular formula is C9H15F3N2O3. The molecule has 1 saturated heterocycles. The predicted octanol–water partition coefficient (Wildman–Crippen LogP) is 0.589. The third-order valence-electron chi connectivity index (χ3n) is 2.34. The number of amides is 1. The summed E-state index contributed by atoms with van der Waals surface area (Å²) in [5, 5.41) is 7.12. The summed E-state index contributed by atoms with van der Waals surface area (Å²) in [4.78, 5) is 21.8. The zero-order chi connectivity index (χ0) is 13.6. The highest BCUT2D eigenvalue weighted by Gasteiger charge is 2.38. The van der Waals surface area contributed by atoms with Gasteiger partial charge in [-0.2, -0.15) is 13.2 Å².